The molecule has 1 saturated heterocycles. The quantitative estimate of drug-likeness (QED) is 0.607. The van der Waals surface area contributed by atoms with Gasteiger partial charge in [0.2, 0.25) is 5.91 Å². The number of likely N-dealkylation sites (tertiary alicyclic amines) is 1. The SMILES string of the molecule is N#CC(Cl)CN1CCCCC1=O. The van der Waals surface area contributed by atoms with E-state index in [0.717, 1.165) is 19.4 Å². The van der Waals surface area contributed by atoms with Gasteiger partial charge in [0.05, 0.1) is 12.6 Å². The van der Waals surface area contributed by atoms with E-state index in [1.807, 2.05) is 6.07 Å². The van der Waals surface area contributed by atoms with Gasteiger partial charge in [-0.1, -0.05) is 0 Å². The lowest BCUT2D eigenvalue weighted by molar-refractivity contribution is -0.133. The second kappa shape index (κ2) is 4.32. The molecule has 0 spiro atoms. The van der Waals surface area contributed by atoms with E-state index < -0.39 is 5.38 Å². The van der Waals surface area contributed by atoms with Crippen molar-refractivity contribution < 1.29 is 4.79 Å². The van der Waals surface area contributed by atoms with Gasteiger partial charge in [-0.15, -0.1) is 11.6 Å². The van der Waals surface area contributed by atoms with Crippen molar-refractivity contribution in [3.05, 3.63) is 0 Å². The molecule has 0 aromatic heterocycles. The number of carbonyl (C=O) groups excluding carboxylic acids is 1. The summed E-state index contributed by atoms with van der Waals surface area (Å²) in [5, 5.41) is 7.87. The summed E-state index contributed by atoms with van der Waals surface area (Å²) in [6.07, 6.45) is 2.60. The maximum Gasteiger partial charge on any atom is 0.222 e. The Balaban J connectivity index is 2.40. The number of hydrogen-bond acceptors (Lipinski definition) is 2. The van der Waals surface area contributed by atoms with Gasteiger partial charge in [-0.3, -0.25) is 4.79 Å². The summed E-state index contributed by atoms with van der Waals surface area (Å²) in [5.41, 5.74) is 0. The van der Waals surface area contributed by atoms with E-state index in [1.165, 1.54) is 0 Å². The van der Waals surface area contributed by atoms with Crippen LogP contribution in [0, 0.1) is 11.3 Å². The van der Waals surface area contributed by atoms with Crippen LogP contribution in [0.5, 0.6) is 0 Å². The molecule has 1 atom stereocenters. The summed E-state index contributed by atoms with van der Waals surface area (Å²) >= 11 is 5.61. The van der Waals surface area contributed by atoms with Gasteiger partial charge in [-0.05, 0) is 12.8 Å². The molecule has 0 bridgehead atoms. The zero-order valence-corrected chi connectivity index (χ0v) is 7.55. The molecule has 1 heterocycles. The Hall–Kier alpha value is -0.750. The molecule has 66 valence electrons. The highest BCUT2D eigenvalue weighted by atomic mass is 35.5. The summed E-state index contributed by atoms with van der Waals surface area (Å²) < 4.78 is 0. The fourth-order valence-corrected chi connectivity index (χ4v) is 1.46. The van der Waals surface area contributed by atoms with E-state index in [0.29, 0.717) is 13.0 Å². The first-order chi connectivity index (χ1) is 5.74. The number of amides is 1. The molecule has 0 radical (unpaired) electrons. The minimum absolute atomic E-state index is 0.127. The van der Waals surface area contributed by atoms with Gasteiger partial charge in [-0.2, -0.15) is 5.26 Å². The average molecular weight is 187 g/mol. The molecule has 1 aliphatic heterocycles. The Morgan fingerprint density at radius 1 is 1.67 bits per heavy atom. The summed E-state index contributed by atoms with van der Waals surface area (Å²) in [7, 11) is 0. The minimum atomic E-state index is -0.563. The van der Waals surface area contributed by atoms with Crippen molar-refractivity contribution in [1.82, 2.24) is 4.90 Å². The normalized spacial score (nSPS) is 20.3. The number of hydrogen-bond donors (Lipinski definition) is 0. The third kappa shape index (κ3) is 2.38. The topological polar surface area (TPSA) is 44.1 Å². The van der Waals surface area contributed by atoms with Crippen LogP contribution >= 0.6 is 11.6 Å². The van der Waals surface area contributed by atoms with E-state index >= 15 is 0 Å². The molecule has 3 nitrogen and oxygen atoms in total. The van der Waals surface area contributed by atoms with Crippen molar-refractivity contribution in [3.63, 3.8) is 0 Å². The second-order valence-corrected chi connectivity index (χ2v) is 3.42. The van der Waals surface area contributed by atoms with Crippen LogP contribution in [-0.4, -0.2) is 29.3 Å². The lowest BCUT2D eigenvalue weighted by Gasteiger charge is -2.26. The Labute approximate surface area is 76.9 Å². The number of rotatable bonds is 2. The Morgan fingerprint density at radius 3 is 3.00 bits per heavy atom. The second-order valence-electron chi connectivity index (χ2n) is 2.89. The van der Waals surface area contributed by atoms with Crippen LogP contribution in [0.4, 0.5) is 0 Å². The van der Waals surface area contributed by atoms with E-state index in [4.69, 9.17) is 16.9 Å². The zero-order chi connectivity index (χ0) is 8.97. The third-order valence-electron chi connectivity index (χ3n) is 1.94. The van der Waals surface area contributed by atoms with E-state index in [2.05, 4.69) is 0 Å². The fourth-order valence-electron chi connectivity index (χ4n) is 1.29. The monoisotopic (exact) mass is 186 g/mol. The van der Waals surface area contributed by atoms with Crippen molar-refractivity contribution in [1.29, 1.82) is 5.26 Å². The highest BCUT2D eigenvalue weighted by Gasteiger charge is 2.20. The number of nitrogens with zero attached hydrogens (tertiary/aromatic N) is 2. The lowest BCUT2D eigenvalue weighted by atomic mass is 10.1. The van der Waals surface area contributed by atoms with Gasteiger partial charge in [0, 0.05) is 13.0 Å². The smallest absolute Gasteiger partial charge is 0.222 e. The minimum Gasteiger partial charge on any atom is -0.340 e. The Bertz CT molecular complexity index is 212. The van der Waals surface area contributed by atoms with Crippen molar-refractivity contribution in [2.45, 2.75) is 24.6 Å². The first kappa shape index (κ1) is 9.34. The largest absolute Gasteiger partial charge is 0.340 e. The number of carbonyl (C=O) groups is 1. The van der Waals surface area contributed by atoms with Gasteiger partial charge in [0.25, 0.3) is 0 Å². The molecule has 1 fully saturated rings. The van der Waals surface area contributed by atoms with Gasteiger partial charge < -0.3 is 4.90 Å². The summed E-state index contributed by atoms with van der Waals surface area (Å²) in [5.74, 6) is 0.127. The van der Waals surface area contributed by atoms with Crippen molar-refractivity contribution in [3.8, 4) is 6.07 Å². The molecule has 4 heteroatoms. The zero-order valence-electron chi connectivity index (χ0n) is 6.79. The van der Waals surface area contributed by atoms with Gasteiger partial charge in [-0.25, -0.2) is 0 Å². The van der Waals surface area contributed by atoms with Crippen LogP contribution in [0.2, 0.25) is 0 Å². The van der Waals surface area contributed by atoms with E-state index in [1.54, 1.807) is 4.90 Å². The number of piperidine rings is 1. The van der Waals surface area contributed by atoms with Crippen LogP contribution in [0.3, 0.4) is 0 Å². The molecule has 0 aromatic carbocycles. The van der Waals surface area contributed by atoms with Gasteiger partial charge in [0.1, 0.15) is 5.38 Å². The van der Waals surface area contributed by atoms with Crippen molar-refractivity contribution in [2.75, 3.05) is 13.1 Å². The van der Waals surface area contributed by atoms with E-state index in [9.17, 15) is 4.79 Å². The predicted molar refractivity (Wildman–Crippen MR) is 45.7 cm³/mol. The maximum absolute atomic E-state index is 11.2. The molecule has 0 aromatic rings. The van der Waals surface area contributed by atoms with Crippen LogP contribution in [0.15, 0.2) is 0 Å². The molecule has 0 saturated carbocycles. The molecule has 1 aliphatic rings. The van der Waals surface area contributed by atoms with Crippen LogP contribution < -0.4 is 0 Å². The van der Waals surface area contributed by atoms with Crippen molar-refractivity contribution in [2.24, 2.45) is 0 Å². The maximum atomic E-state index is 11.2. The molecule has 1 rings (SSSR count). The summed E-state index contributed by atoms with van der Waals surface area (Å²) in [4.78, 5) is 12.9. The van der Waals surface area contributed by atoms with Crippen LogP contribution in [0.25, 0.3) is 0 Å². The Kier molecular flexibility index (Phi) is 3.36. The highest BCUT2D eigenvalue weighted by molar-refractivity contribution is 6.22. The molecule has 1 amide bonds. The average Bonchev–Trinajstić information content (AvgIpc) is 2.09. The molecule has 12 heavy (non-hydrogen) atoms. The fraction of sp³-hybridized carbons (Fsp3) is 0.750. The Morgan fingerprint density at radius 2 is 2.42 bits per heavy atom. The first-order valence-electron chi connectivity index (χ1n) is 4.05. The third-order valence-corrected chi connectivity index (χ3v) is 2.18. The molecule has 0 N–H and O–H groups in total. The van der Waals surface area contributed by atoms with Crippen molar-refractivity contribution >= 4 is 17.5 Å². The molecular weight excluding hydrogens is 176 g/mol. The predicted octanol–water partition coefficient (Wildman–Crippen LogP) is 1.13. The lowest BCUT2D eigenvalue weighted by Crippen LogP contribution is -2.38. The number of nitriles is 1. The molecule has 1 unspecified atom stereocenters. The standard InChI is InChI=1S/C8H11ClN2O/c9-7(5-10)6-11-4-2-1-3-8(11)12/h7H,1-4,6H2. The first-order valence-corrected chi connectivity index (χ1v) is 4.49. The number of alkyl halides is 1. The van der Waals surface area contributed by atoms with Crippen LogP contribution in [-0.2, 0) is 4.79 Å². The van der Waals surface area contributed by atoms with Gasteiger partial charge >= 0.3 is 0 Å². The molecular formula is C8H11ClN2O. The number of halogens is 1. The summed E-state index contributed by atoms with van der Waals surface area (Å²) in [6, 6.07) is 1.90. The highest BCUT2D eigenvalue weighted by Crippen LogP contribution is 2.11. The summed E-state index contributed by atoms with van der Waals surface area (Å²) in [6.45, 7) is 1.13. The molecule has 0 aliphatic carbocycles. The van der Waals surface area contributed by atoms with E-state index in [-0.39, 0.29) is 5.91 Å². The van der Waals surface area contributed by atoms with Crippen LogP contribution in [0.1, 0.15) is 19.3 Å². The van der Waals surface area contributed by atoms with Gasteiger partial charge in [0.15, 0.2) is 0 Å².